The number of nitrogens with zero attached hydrogens (tertiary/aromatic N) is 1. The summed E-state index contributed by atoms with van der Waals surface area (Å²) >= 11 is 0. The maximum Gasteiger partial charge on any atom is 0.306 e. The van der Waals surface area contributed by atoms with Gasteiger partial charge in [0, 0.05) is 12.8 Å². The van der Waals surface area contributed by atoms with E-state index in [-0.39, 0.29) is 32.2 Å². The molecule has 0 aromatic rings. The minimum atomic E-state index is -1.62. The van der Waals surface area contributed by atoms with Gasteiger partial charge in [-0.05, 0) is 51.4 Å². The number of ether oxygens (including phenoxy) is 4. The van der Waals surface area contributed by atoms with Gasteiger partial charge in [-0.1, -0.05) is 409 Å². The van der Waals surface area contributed by atoms with Crippen molar-refractivity contribution < 1.29 is 42.9 Å². The lowest BCUT2D eigenvalue weighted by molar-refractivity contribution is -0.870. The fourth-order valence-electron chi connectivity index (χ4n) is 12.8. The molecule has 2 atom stereocenters. The third kappa shape index (κ3) is 78.5. The first-order valence-corrected chi connectivity index (χ1v) is 41.8. The zero-order chi connectivity index (χ0) is 69.0. The zero-order valence-corrected chi connectivity index (χ0v) is 64.1. The van der Waals surface area contributed by atoms with Gasteiger partial charge in [0.2, 0.25) is 0 Å². The van der Waals surface area contributed by atoms with Gasteiger partial charge in [0.05, 0.1) is 40.3 Å². The summed E-state index contributed by atoms with van der Waals surface area (Å²) in [5.41, 5.74) is 0. The number of rotatable bonds is 79. The van der Waals surface area contributed by atoms with Crippen LogP contribution in [0, 0.1) is 0 Å². The number of hydrogen-bond acceptors (Lipinski definition) is 8. The van der Waals surface area contributed by atoms with E-state index in [2.05, 4.69) is 62.5 Å². The van der Waals surface area contributed by atoms with Gasteiger partial charge in [-0.15, -0.1) is 0 Å². The monoisotopic (exact) mass is 1340 g/mol. The van der Waals surface area contributed by atoms with Crippen LogP contribution in [-0.2, 0) is 33.3 Å². The van der Waals surface area contributed by atoms with Crippen molar-refractivity contribution in [2.45, 2.75) is 437 Å². The highest BCUT2D eigenvalue weighted by Gasteiger charge is 2.22. The number of carbonyl (C=O) groups excluding carboxylic acids is 3. The Hall–Kier alpha value is -2.75. The predicted molar refractivity (Wildman–Crippen MR) is 408 cm³/mol. The highest BCUT2D eigenvalue weighted by Crippen LogP contribution is 2.20. The molecule has 0 fully saturated rings. The number of carbonyl (C=O) groups is 3. The third-order valence-electron chi connectivity index (χ3n) is 19.1. The number of allylic oxidation sites excluding steroid dienone is 8. The van der Waals surface area contributed by atoms with Crippen molar-refractivity contribution in [3.8, 4) is 0 Å². The van der Waals surface area contributed by atoms with Crippen molar-refractivity contribution >= 4 is 17.9 Å². The van der Waals surface area contributed by atoms with Gasteiger partial charge in [-0.25, -0.2) is 0 Å². The maximum atomic E-state index is 13.0. The van der Waals surface area contributed by atoms with Crippen LogP contribution in [0.2, 0.25) is 0 Å². The Morgan fingerprint density at radius 2 is 0.600 bits per heavy atom. The van der Waals surface area contributed by atoms with Gasteiger partial charge >= 0.3 is 11.9 Å². The summed E-state index contributed by atoms with van der Waals surface area (Å²) in [6, 6.07) is 0. The largest absolute Gasteiger partial charge is 0.545 e. The van der Waals surface area contributed by atoms with Crippen molar-refractivity contribution in [3.05, 3.63) is 48.6 Å². The van der Waals surface area contributed by atoms with Crippen molar-refractivity contribution in [2.75, 3.05) is 47.5 Å². The maximum absolute atomic E-state index is 13.0. The normalized spacial score (nSPS) is 12.8. The minimum absolute atomic E-state index is 0.150. The average Bonchev–Trinajstić information content (AvgIpc) is 3.24. The molecule has 2 unspecified atom stereocenters. The highest BCUT2D eigenvalue weighted by atomic mass is 16.7. The topological polar surface area (TPSA) is 111 Å². The number of carboxylic acids is 1. The van der Waals surface area contributed by atoms with Crippen LogP contribution in [-0.4, -0.2) is 82.3 Å². The second-order valence-corrected chi connectivity index (χ2v) is 29.8. The van der Waals surface area contributed by atoms with Crippen LogP contribution in [0.1, 0.15) is 425 Å². The number of aliphatic carboxylic acids is 1. The molecule has 9 nitrogen and oxygen atoms in total. The lowest BCUT2D eigenvalue weighted by atomic mass is 10.0. The van der Waals surface area contributed by atoms with Crippen LogP contribution in [0.25, 0.3) is 0 Å². The SMILES string of the molecule is CC/C=C\C/C=C\C/C=C\C/C=C\CCCCCCCCCCCCCCCCCCCCC(=O)OC(COC(=O)CCCCCCCCCCCCCCCCCCCCCCCCCCCCCCCCCCCCCCCCC)COC(OCC[N+](C)(C)C)C(=O)[O-]. The molecular weight excluding hydrogens is 1170 g/mol. The van der Waals surface area contributed by atoms with E-state index < -0.39 is 24.3 Å². The van der Waals surface area contributed by atoms with E-state index >= 15 is 0 Å². The molecular formula is C86H161NO8. The molecule has 0 saturated heterocycles. The molecule has 0 heterocycles. The molecule has 0 bridgehead atoms. The number of esters is 2. The van der Waals surface area contributed by atoms with Crippen molar-refractivity contribution in [2.24, 2.45) is 0 Å². The summed E-state index contributed by atoms with van der Waals surface area (Å²) in [5, 5.41) is 11.9. The summed E-state index contributed by atoms with van der Waals surface area (Å²) in [6.07, 6.45) is 98.4. The molecule has 0 aromatic heterocycles. The average molecular weight is 1340 g/mol. The molecule has 0 aromatic carbocycles. The van der Waals surface area contributed by atoms with Crippen LogP contribution >= 0.6 is 0 Å². The van der Waals surface area contributed by atoms with Gasteiger partial charge in [-0.3, -0.25) is 9.59 Å². The second-order valence-electron chi connectivity index (χ2n) is 29.8. The lowest BCUT2D eigenvalue weighted by Crippen LogP contribution is -2.44. The Kier molecular flexibility index (Phi) is 74.8. The fourth-order valence-corrected chi connectivity index (χ4v) is 12.8. The second kappa shape index (κ2) is 77.0. The Labute approximate surface area is 591 Å². The van der Waals surface area contributed by atoms with Crippen molar-refractivity contribution in [1.82, 2.24) is 0 Å². The van der Waals surface area contributed by atoms with Crippen LogP contribution in [0.3, 0.4) is 0 Å². The molecule has 0 radical (unpaired) electrons. The smallest absolute Gasteiger partial charge is 0.306 e. The van der Waals surface area contributed by atoms with Gasteiger partial charge in [-0.2, -0.15) is 0 Å². The zero-order valence-electron chi connectivity index (χ0n) is 64.1. The highest BCUT2D eigenvalue weighted by molar-refractivity contribution is 5.70. The Bertz CT molecular complexity index is 1700. The van der Waals surface area contributed by atoms with E-state index in [0.717, 1.165) is 57.8 Å². The molecule has 0 aliphatic rings. The molecule has 0 amide bonds. The van der Waals surface area contributed by atoms with Gasteiger partial charge in [0.25, 0.3) is 0 Å². The van der Waals surface area contributed by atoms with Crippen molar-refractivity contribution in [3.63, 3.8) is 0 Å². The third-order valence-corrected chi connectivity index (χ3v) is 19.1. The van der Waals surface area contributed by atoms with Gasteiger partial charge in [0.1, 0.15) is 13.2 Å². The Balaban J connectivity index is 3.92. The van der Waals surface area contributed by atoms with E-state index in [4.69, 9.17) is 18.9 Å². The Morgan fingerprint density at radius 3 is 0.895 bits per heavy atom. The number of unbranched alkanes of at least 4 members (excludes halogenated alkanes) is 56. The first kappa shape index (κ1) is 92.2. The van der Waals surface area contributed by atoms with Crippen molar-refractivity contribution in [1.29, 1.82) is 0 Å². The van der Waals surface area contributed by atoms with E-state index in [0.29, 0.717) is 23.9 Å². The van der Waals surface area contributed by atoms with Gasteiger partial charge in [0.15, 0.2) is 12.4 Å². The fraction of sp³-hybridized carbons (Fsp3) is 0.872. The quantitative estimate of drug-likeness (QED) is 0.0195. The predicted octanol–water partition coefficient (Wildman–Crippen LogP) is 25.5. The summed E-state index contributed by atoms with van der Waals surface area (Å²) in [5.74, 6) is -2.25. The van der Waals surface area contributed by atoms with Crippen LogP contribution in [0.4, 0.5) is 0 Å². The van der Waals surface area contributed by atoms with Crippen LogP contribution in [0.5, 0.6) is 0 Å². The molecule has 0 aliphatic heterocycles. The first-order chi connectivity index (χ1) is 46.6. The first-order valence-electron chi connectivity index (χ1n) is 41.8. The molecule has 0 aliphatic carbocycles. The molecule has 0 rings (SSSR count). The molecule has 0 saturated carbocycles. The summed E-state index contributed by atoms with van der Waals surface area (Å²) in [4.78, 5) is 37.6. The number of likely N-dealkylation sites (N-methyl/N-ethyl adjacent to an activating group) is 1. The van der Waals surface area contributed by atoms with E-state index in [1.807, 2.05) is 21.1 Å². The Morgan fingerprint density at radius 1 is 0.326 bits per heavy atom. The number of quaternary nitrogens is 1. The standard InChI is InChI=1S/C86H161NO8/c1-6-8-10-12-14-16-18-20-22-24-26-28-30-32-34-36-38-39-40-41-42-43-44-45-47-48-50-52-54-56-58-60-62-64-66-68-70-72-74-76-83(88)93-80-82(81-94-86(85(90)91)92-79-78-87(3,4)5)95-84(89)77-75-73-71-69-67-65-63-61-59-57-55-53-51-49-46-37-35-33-31-29-27-25-23-21-19-17-15-13-11-9-7-2/h9,11,15,17,21,23,27,29,82,86H,6-8,10,12-14,16,18-20,22,24-26,28,30-81H2,1-5H3/b11-9-,17-15-,23-21-,29-27-. The summed E-state index contributed by atoms with van der Waals surface area (Å²) in [6.45, 7) is 4.72. The molecule has 558 valence electrons. The van der Waals surface area contributed by atoms with Gasteiger partial charge < -0.3 is 33.3 Å². The van der Waals surface area contributed by atoms with Crippen LogP contribution < -0.4 is 5.11 Å². The molecule has 0 N–H and O–H groups in total. The molecule has 9 heteroatoms. The number of hydrogen-bond donors (Lipinski definition) is 0. The molecule has 0 spiro atoms. The van der Waals surface area contributed by atoms with E-state index in [1.165, 1.54) is 334 Å². The summed E-state index contributed by atoms with van der Waals surface area (Å²) in [7, 11) is 5.95. The van der Waals surface area contributed by atoms with Crippen LogP contribution in [0.15, 0.2) is 48.6 Å². The summed E-state index contributed by atoms with van der Waals surface area (Å²) < 4.78 is 22.9. The lowest BCUT2D eigenvalue weighted by Gasteiger charge is -2.26. The number of carboxylic acid groups (broad SMARTS) is 1. The van der Waals surface area contributed by atoms with E-state index in [9.17, 15) is 19.5 Å². The molecule has 95 heavy (non-hydrogen) atoms. The minimum Gasteiger partial charge on any atom is -0.545 e. The van der Waals surface area contributed by atoms with E-state index in [1.54, 1.807) is 0 Å².